The van der Waals surface area contributed by atoms with Crippen LogP contribution in [0.15, 0.2) is 12.1 Å². The van der Waals surface area contributed by atoms with E-state index < -0.39 is 0 Å². The van der Waals surface area contributed by atoms with Gasteiger partial charge in [-0.25, -0.2) is 0 Å². The van der Waals surface area contributed by atoms with Gasteiger partial charge >= 0.3 is 0 Å². The number of benzene rings is 1. The van der Waals surface area contributed by atoms with Gasteiger partial charge in [0, 0.05) is 16.9 Å². The van der Waals surface area contributed by atoms with Gasteiger partial charge < -0.3 is 5.32 Å². The van der Waals surface area contributed by atoms with Crippen LogP contribution < -0.4 is 5.32 Å². The monoisotopic (exact) mass is 323 g/mol. The summed E-state index contributed by atoms with van der Waals surface area (Å²) in [6.45, 7) is 6.89. The van der Waals surface area contributed by atoms with Crippen molar-refractivity contribution in [3.8, 4) is 0 Å². The molecule has 1 fully saturated rings. The summed E-state index contributed by atoms with van der Waals surface area (Å²) in [6, 6.07) is 4.15. The lowest BCUT2D eigenvalue weighted by Gasteiger charge is -2.14. The maximum atomic E-state index is 12.3. The van der Waals surface area contributed by atoms with Crippen molar-refractivity contribution in [3.63, 3.8) is 0 Å². The molecule has 1 aliphatic carbocycles. The van der Waals surface area contributed by atoms with E-state index in [0.29, 0.717) is 10.7 Å². The number of carbonyl (C=O) groups is 1. The summed E-state index contributed by atoms with van der Waals surface area (Å²) in [7, 11) is 0. The number of nitrogens with one attached hydrogen (secondary N) is 1. The molecule has 1 N–H and O–H groups in total. The Bertz CT molecular complexity index is 461. The highest BCUT2D eigenvalue weighted by Gasteiger charge is 2.23. The van der Waals surface area contributed by atoms with Crippen LogP contribution >= 0.6 is 15.9 Å². The number of amides is 1. The molecule has 1 aromatic rings. The Hall–Kier alpha value is -0.830. The molecule has 0 saturated heterocycles. The van der Waals surface area contributed by atoms with E-state index in [0.717, 1.165) is 23.2 Å². The maximum Gasteiger partial charge on any atom is 0.251 e. The van der Waals surface area contributed by atoms with Crippen molar-refractivity contribution in [2.75, 3.05) is 6.54 Å². The van der Waals surface area contributed by atoms with E-state index in [1.807, 2.05) is 13.8 Å². The van der Waals surface area contributed by atoms with Gasteiger partial charge in [0.05, 0.1) is 0 Å². The molecule has 0 radical (unpaired) electrons. The van der Waals surface area contributed by atoms with E-state index in [1.54, 1.807) is 0 Å². The molecule has 1 aliphatic rings. The first-order valence-electron chi connectivity index (χ1n) is 6.97. The number of hydrogen-bond acceptors (Lipinski definition) is 1. The molecule has 0 spiro atoms. The van der Waals surface area contributed by atoms with Crippen molar-refractivity contribution >= 4 is 21.8 Å². The Morgan fingerprint density at radius 1 is 1.26 bits per heavy atom. The molecule has 0 bridgehead atoms. The SMILES string of the molecule is Cc1cc(C)c(C(=O)NCC2CCC(Br)C2)c(C)c1. The van der Waals surface area contributed by atoms with Crippen LogP contribution in [-0.2, 0) is 0 Å². The Morgan fingerprint density at radius 2 is 1.89 bits per heavy atom. The molecule has 2 rings (SSSR count). The average molecular weight is 324 g/mol. The van der Waals surface area contributed by atoms with Crippen molar-refractivity contribution in [1.29, 1.82) is 0 Å². The minimum Gasteiger partial charge on any atom is -0.352 e. The molecule has 1 saturated carbocycles. The van der Waals surface area contributed by atoms with Crippen LogP contribution in [0.2, 0.25) is 0 Å². The predicted octanol–water partition coefficient (Wildman–Crippen LogP) is 3.91. The summed E-state index contributed by atoms with van der Waals surface area (Å²) < 4.78 is 0. The summed E-state index contributed by atoms with van der Waals surface area (Å²) in [4.78, 5) is 12.9. The van der Waals surface area contributed by atoms with E-state index in [4.69, 9.17) is 0 Å². The highest BCUT2D eigenvalue weighted by Crippen LogP contribution is 2.30. The van der Waals surface area contributed by atoms with Crippen LogP contribution in [0.25, 0.3) is 0 Å². The molecule has 0 aromatic heterocycles. The van der Waals surface area contributed by atoms with Crippen LogP contribution in [0.1, 0.15) is 46.3 Å². The first-order chi connectivity index (χ1) is 8.97. The van der Waals surface area contributed by atoms with Gasteiger partial charge in [0.1, 0.15) is 0 Å². The Balaban J connectivity index is 2.00. The second-order valence-corrected chi connectivity index (χ2v) is 7.06. The zero-order valence-corrected chi connectivity index (χ0v) is 13.5. The molecule has 19 heavy (non-hydrogen) atoms. The van der Waals surface area contributed by atoms with Gasteiger partial charge in [0.15, 0.2) is 0 Å². The minimum atomic E-state index is 0.0769. The Labute approximate surface area is 124 Å². The Morgan fingerprint density at radius 3 is 2.42 bits per heavy atom. The van der Waals surface area contributed by atoms with Crippen LogP contribution in [0.4, 0.5) is 0 Å². The van der Waals surface area contributed by atoms with E-state index in [-0.39, 0.29) is 5.91 Å². The standard InChI is InChI=1S/C16H22BrNO/c1-10-6-11(2)15(12(3)7-10)16(19)18-9-13-4-5-14(17)8-13/h6-7,13-14H,4-5,8-9H2,1-3H3,(H,18,19). The third-order valence-electron chi connectivity index (χ3n) is 3.93. The first-order valence-corrected chi connectivity index (χ1v) is 7.89. The van der Waals surface area contributed by atoms with Gasteiger partial charge in [-0.15, -0.1) is 0 Å². The fourth-order valence-corrected chi connectivity index (χ4v) is 3.86. The lowest BCUT2D eigenvalue weighted by atomic mass is 9.99. The van der Waals surface area contributed by atoms with Crippen LogP contribution in [0.3, 0.4) is 0 Å². The van der Waals surface area contributed by atoms with Crippen molar-refractivity contribution < 1.29 is 4.79 Å². The number of carbonyl (C=O) groups excluding carboxylic acids is 1. The zero-order chi connectivity index (χ0) is 14.0. The summed E-state index contributed by atoms with van der Waals surface area (Å²) in [5.74, 6) is 0.701. The van der Waals surface area contributed by atoms with Gasteiger partial charge in [-0.05, 0) is 57.1 Å². The highest BCUT2D eigenvalue weighted by molar-refractivity contribution is 9.09. The molecule has 2 atom stereocenters. The molecule has 1 aromatic carbocycles. The molecule has 1 amide bonds. The van der Waals surface area contributed by atoms with Crippen molar-refractivity contribution in [2.45, 2.75) is 44.9 Å². The van der Waals surface area contributed by atoms with Crippen LogP contribution in [0, 0.1) is 26.7 Å². The molecule has 0 heterocycles. The van der Waals surface area contributed by atoms with Gasteiger partial charge in [-0.3, -0.25) is 4.79 Å². The van der Waals surface area contributed by atoms with E-state index in [9.17, 15) is 4.79 Å². The number of hydrogen-bond donors (Lipinski definition) is 1. The van der Waals surface area contributed by atoms with E-state index in [2.05, 4.69) is 40.3 Å². The van der Waals surface area contributed by atoms with Gasteiger partial charge in [-0.2, -0.15) is 0 Å². The number of aryl methyl sites for hydroxylation is 3. The summed E-state index contributed by atoms with van der Waals surface area (Å²) >= 11 is 3.65. The molecular weight excluding hydrogens is 302 g/mol. The lowest BCUT2D eigenvalue weighted by Crippen LogP contribution is -2.29. The molecule has 0 aliphatic heterocycles. The normalized spacial score (nSPS) is 22.5. The molecule has 104 valence electrons. The summed E-state index contributed by atoms with van der Waals surface area (Å²) in [5, 5.41) is 3.10. The first kappa shape index (κ1) is 14.6. The quantitative estimate of drug-likeness (QED) is 0.839. The second-order valence-electron chi connectivity index (χ2n) is 5.76. The Kier molecular flexibility index (Phi) is 4.67. The maximum absolute atomic E-state index is 12.3. The van der Waals surface area contributed by atoms with Gasteiger partial charge in [-0.1, -0.05) is 33.6 Å². The summed E-state index contributed by atoms with van der Waals surface area (Å²) in [5.41, 5.74) is 4.20. The summed E-state index contributed by atoms with van der Waals surface area (Å²) in [6.07, 6.45) is 3.61. The van der Waals surface area contributed by atoms with Crippen LogP contribution in [0.5, 0.6) is 0 Å². The average Bonchev–Trinajstić information content (AvgIpc) is 2.71. The highest BCUT2D eigenvalue weighted by atomic mass is 79.9. The smallest absolute Gasteiger partial charge is 0.251 e. The minimum absolute atomic E-state index is 0.0769. The van der Waals surface area contributed by atoms with Crippen molar-refractivity contribution in [1.82, 2.24) is 5.32 Å². The van der Waals surface area contributed by atoms with Crippen molar-refractivity contribution in [3.05, 3.63) is 34.4 Å². The largest absolute Gasteiger partial charge is 0.352 e. The van der Waals surface area contributed by atoms with E-state index >= 15 is 0 Å². The number of halogens is 1. The van der Waals surface area contributed by atoms with Gasteiger partial charge in [0.25, 0.3) is 5.91 Å². The molecular formula is C16H22BrNO. The zero-order valence-electron chi connectivity index (χ0n) is 11.9. The lowest BCUT2D eigenvalue weighted by molar-refractivity contribution is 0.0946. The fourth-order valence-electron chi connectivity index (χ4n) is 3.06. The van der Waals surface area contributed by atoms with Crippen molar-refractivity contribution in [2.24, 2.45) is 5.92 Å². The number of alkyl halides is 1. The third-order valence-corrected chi connectivity index (χ3v) is 4.76. The third kappa shape index (κ3) is 3.59. The predicted molar refractivity (Wildman–Crippen MR) is 83.0 cm³/mol. The fraction of sp³-hybridized carbons (Fsp3) is 0.562. The molecule has 3 heteroatoms. The van der Waals surface area contributed by atoms with E-state index in [1.165, 1.54) is 24.8 Å². The van der Waals surface area contributed by atoms with Gasteiger partial charge in [0.2, 0.25) is 0 Å². The van der Waals surface area contributed by atoms with Crippen LogP contribution in [-0.4, -0.2) is 17.3 Å². The number of rotatable bonds is 3. The molecule has 2 nitrogen and oxygen atoms in total. The molecule has 2 unspecified atom stereocenters. The second kappa shape index (κ2) is 6.08. The topological polar surface area (TPSA) is 29.1 Å².